The second-order valence-electron chi connectivity index (χ2n) is 6.34. The molecule has 5 N–H and O–H groups in total. The van der Waals surface area contributed by atoms with E-state index in [1.807, 2.05) is 48.8 Å². The fourth-order valence-electron chi connectivity index (χ4n) is 3.30. The molecular weight excluding hydrogens is 348 g/mol. The molecule has 136 valence electrons. The van der Waals surface area contributed by atoms with Crippen molar-refractivity contribution >= 4 is 17.4 Å². The van der Waals surface area contributed by atoms with Crippen LogP contribution in [-0.2, 0) is 0 Å². The molecular formula is C19H23ClN6. The Balaban J connectivity index is 0.00000196. The van der Waals surface area contributed by atoms with Crippen LogP contribution in [0.2, 0.25) is 5.02 Å². The van der Waals surface area contributed by atoms with E-state index in [1.165, 1.54) is 0 Å². The molecule has 1 atom stereocenters. The van der Waals surface area contributed by atoms with E-state index in [2.05, 4.69) is 32.3 Å². The molecule has 0 aliphatic carbocycles. The molecule has 0 radical (unpaired) electrons. The Hall–Kier alpha value is -2.41. The largest absolute Gasteiger partial charge is 0.352 e. The summed E-state index contributed by atoms with van der Waals surface area (Å²) in [6, 6.07) is 12.3. The van der Waals surface area contributed by atoms with Crippen molar-refractivity contribution in [2.24, 2.45) is 0 Å². The topological polar surface area (TPSA) is 91.8 Å². The third-order valence-electron chi connectivity index (χ3n) is 4.52. The maximum Gasteiger partial charge on any atom is 0.159 e. The van der Waals surface area contributed by atoms with Gasteiger partial charge in [-0.15, -0.1) is 0 Å². The van der Waals surface area contributed by atoms with Crippen molar-refractivity contribution in [2.45, 2.75) is 13.0 Å². The molecule has 26 heavy (non-hydrogen) atoms. The maximum absolute atomic E-state index is 6.05. The summed E-state index contributed by atoms with van der Waals surface area (Å²) >= 11 is 6.05. The quantitative estimate of drug-likeness (QED) is 0.653. The van der Waals surface area contributed by atoms with Crippen LogP contribution in [0.3, 0.4) is 0 Å². The first-order valence-electron chi connectivity index (χ1n) is 8.45. The molecule has 0 bridgehead atoms. The van der Waals surface area contributed by atoms with Crippen LogP contribution >= 0.6 is 11.6 Å². The number of H-pyrrole nitrogens is 1. The molecule has 1 aromatic carbocycles. The van der Waals surface area contributed by atoms with Gasteiger partial charge in [-0.3, -0.25) is 10.1 Å². The molecule has 1 unspecified atom stereocenters. The van der Waals surface area contributed by atoms with Gasteiger partial charge in [0, 0.05) is 48.7 Å². The van der Waals surface area contributed by atoms with Crippen molar-refractivity contribution in [3.8, 4) is 22.4 Å². The summed E-state index contributed by atoms with van der Waals surface area (Å²) in [7, 11) is 0. The van der Waals surface area contributed by atoms with Gasteiger partial charge in [-0.25, -0.2) is 0 Å². The molecule has 1 fully saturated rings. The molecule has 2 aromatic heterocycles. The highest BCUT2D eigenvalue weighted by molar-refractivity contribution is 6.30. The lowest BCUT2D eigenvalue weighted by molar-refractivity contribution is 0.482. The molecule has 0 spiro atoms. The van der Waals surface area contributed by atoms with E-state index in [4.69, 9.17) is 11.6 Å². The number of nitrogens with zero attached hydrogens (tertiary/aromatic N) is 3. The molecule has 3 aromatic rings. The van der Waals surface area contributed by atoms with Gasteiger partial charge in [0.1, 0.15) is 0 Å². The first-order valence-corrected chi connectivity index (χ1v) is 8.83. The van der Waals surface area contributed by atoms with Gasteiger partial charge < -0.3 is 16.4 Å². The molecule has 4 rings (SSSR count). The van der Waals surface area contributed by atoms with Crippen LogP contribution in [0, 0.1) is 0 Å². The van der Waals surface area contributed by atoms with Crippen molar-refractivity contribution in [1.82, 2.24) is 26.6 Å². The van der Waals surface area contributed by atoms with Gasteiger partial charge in [0.25, 0.3) is 0 Å². The van der Waals surface area contributed by atoms with Crippen LogP contribution < -0.4 is 16.4 Å². The van der Waals surface area contributed by atoms with Gasteiger partial charge in [-0.05, 0) is 36.8 Å². The number of nitrogens with one attached hydrogen (secondary N) is 2. The summed E-state index contributed by atoms with van der Waals surface area (Å²) < 4.78 is 0. The number of hydrogen-bond acceptors (Lipinski definition) is 5. The Labute approximate surface area is 158 Å². The third-order valence-corrected chi connectivity index (χ3v) is 4.77. The van der Waals surface area contributed by atoms with Gasteiger partial charge in [0.2, 0.25) is 0 Å². The second kappa shape index (κ2) is 7.86. The smallest absolute Gasteiger partial charge is 0.159 e. The number of rotatable bonds is 3. The van der Waals surface area contributed by atoms with Gasteiger partial charge in [0.15, 0.2) is 5.82 Å². The number of aromatic amines is 1. The van der Waals surface area contributed by atoms with Crippen molar-refractivity contribution in [2.75, 3.05) is 24.5 Å². The Kier molecular flexibility index (Phi) is 5.56. The van der Waals surface area contributed by atoms with E-state index in [9.17, 15) is 0 Å². The number of aromatic nitrogens is 3. The Bertz CT molecular complexity index is 846. The fraction of sp³-hybridized carbons (Fsp3) is 0.263. The molecule has 1 aliphatic heterocycles. The average molecular weight is 371 g/mol. The van der Waals surface area contributed by atoms with Crippen molar-refractivity contribution in [1.29, 1.82) is 0 Å². The Morgan fingerprint density at radius 2 is 1.81 bits per heavy atom. The fourth-order valence-corrected chi connectivity index (χ4v) is 3.43. The highest BCUT2D eigenvalue weighted by Gasteiger charge is 2.24. The molecule has 3 heterocycles. The lowest BCUT2D eigenvalue weighted by Crippen LogP contribution is -2.49. The van der Waals surface area contributed by atoms with E-state index < -0.39 is 0 Å². The maximum atomic E-state index is 6.05. The number of halogens is 1. The molecule has 0 saturated carbocycles. The van der Waals surface area contributed by atoms with Crippen molar-refractivity contribution < 1.29 is 0 Å². The number of benzene rings is 1. The van der Waals surface area contributed by atoms with Crippen LogP contribution in [-0.4, -0.2) is 40.9 Å². The zero-order chi connectivity index (χ0) is 17.2. The predicted molar refractivity (Wildman–Crippen MR) is 107 cm³/mol. The predicted octanol–water partition coefficient (Wildman–Crippen LogP) is 3.75. The van der Waals surface area contributed by atoms with Gasteiger partial charge >= 0.3 is 0 Å². The van der Waals surface area contributed by atoms with Crippen LogP contribution in [0.4, 0.5) is 5.82 Å². The summed E-state index contributed by atoms with van der Waals surface area (Å²) in [4.78, 5) is 6.49. The Morgan fingerprint density at radius 3 is 2.50 bits per heavy atom. The Morgan fingerprint density at radius 1 is 1.08 bits per heavy atom. The van der Waals surface area contributed by atoms with Gasteiger partial charge in [-0.2, -0.15) is 5.10 Å². The van der Waals surface area contributed by atoms with Crippen LogP contribution in [0.25, 0.3) is 22.4 Å². The van der Waals surface area contributed by atoms with E-state index >= 15 is 0 Å². The summed E-state index contributed by atoms with van der Waals surface area (Å²) in [5, 5.41) is 12.1. The highest BCUT2D eigenvalue weighted by Crippen LogP contribution is 2.38. The zero-order valence-corrected chi connectivity index (χ0v) is 15.5. The minimum atomic E-state index is 0. The number of hydrogen-bond donors (Lipinski definition) is 3. The van der Waals surface area contributed by atoms with Crippen LogP contribution in [0.1, 0.15) is 6.92 Å². The average Bonchev–Trinajstić information content (AvgIpc) is 3.08. The van der Waals surface area contributed by atoms with Gasteiger partial charge in [-0.1, -0.05) is 23.7 Å². The lowest BCUT2D eigenvalue weighted by atomic mass is 10.0. The first kappa shape index (κ1) is 18.4. The van der Waals surface area contributed by atoms with Gasteiger partial charge in [0.05, 0.1) is 11.3 Å². The second-order valence-corrected chi connectivity index (χ2v) is 6.78. The number of anilines is 1. The van der Waals surface area contributed by atoms with Crippen molar-refractivity contribution in [3.63, 3.8) is 0 Å². The first-order chi connectivity index (χ1) is 12.2. The highest BCUT2D eigenvalue weighted by atomic mass is 35.5. The summed E-state index contributed by atoms with van der Waals surface area (Å²) in [5.74, 6) is 0.990. The van der Waals surface area contributed by atoms with Crippen molar-refractivity contribution in [3.05, 3.63) is 53.8 Å². The molecule has 1 saturated heterocycles. The van der Waals surface area contributed by atoms with E-state index in [0.29, 0.717) is 6.04 Å². The van der Waals surface area contributed by atoms with E-state index in [-0.39, 0.29) is 6.15 Å². The normalized spacial score (nSPS) is 17.0. The standard InChI is InChI=1S/C19H20ClN5.H3N/c1-13-12-25(11-10-22-13)19-17(14-6-8-21-9-7-14)18(23-24-19)15-2-4-16(20)5-3-15;/h2-9,13,22H,10-12H2,1H3,(H,23,24);1H3. The van der Waals surface area contributed by atoms with Crippen LogP contribution in [0.15, 0.2) is 48.8 Å². The summed E-state index contributed by atoms with van der Waals surface area (Å²) in [6.45, 7) is 5.03. The SMILES string of the molecule is CC1CN(c2n[nH]c(-c3ccc(Cl)cc3)c2-c2ccncc2)CCN1.N. The molecule has 6 nitrogen and oxygen atoms in total. The van der Waals surface area contributed by atoms with Crippen LogP contribution in [0.5, 0.6) is 0 Å². The number of piperazine rings is 1. The van der Waals surface area contributed by atoms with E-state index in [1.54, 1.807) is 0 Å². The molecule has 1 aliphatic rings. The third kappa shape index (κ3) is 3.58. The minimum Gasteiger partial charge on any atom is -0.352 e. The zero-order valence-electron chi connectivity index (χ0n) is 14.7. The monoisotopic (exact) mass is 370 g/mol. The molecule has 0 amide bonds. The van der Waals surface area contributed by atoms with E-state index in [0.717, 1.165) is 52.9 Å². The number of pyridine rings is 1. The minimum absolute atomic E-state index is 0. The molecule has 7 heteroatoms. The summed E-state index contributed by atoms with van der Waals surface area (Å²) in [5.41, 5.74) is 4.29. The lowest BCUT2D eigenvalue weighted by Gasteiger charge is -2.32. The summed E-state index contributed by atoms with van der Waals surface area (Å²) in [6.07, 6.45) is 3.64.